The predicted molar refractivity (Wildman–Crippen MR) is 50.4 cm³/mol. The Bertz CT molecular complexity index is 309. The Labute approximate surface area is 78.1 Å². The van der Waals surface area contributed by atoms with Gasteiger partial charge in [-0.1, -0.05) is 24.3 Å². The fourth-order valence-electron chi connectivity index (χ4n) is 2.10. The van der Waals surface area contributed by atoms with Crippen molar-refractivity contribution in [1.29, 1.82) is 0 Å². The summed E-state index contributed by atoms with van der Waals surface area (Å²) in [5.74, 6) is 0. The number of benzene rings is 1. The van der Waals surface area contributed by atoms with Crippen LogP contribution in [0.1, 0.15) is 30.9 Å². The van der Waals surface area contributed by atoms with Crippen LogP contribution in [0.5, 0.6) is 0 Å². The second-order valence-corrected chi connectivity index (χ2v) is 3.83. The summed E-state index contributed by atoms with van der Waals surface area (Å²) in [6, 6.07) is 8.15. The second-order valence-electron chi connectivity index (χ2n) is 3.83. The Morgan fingerprint density at radius 1 is 1.38 bits per heavy atom. The molecule has 0 radical (unpaired) electrons. The van der Waals surface area contributed by atoms with Crippen LogP contribution in [0, 0.1) is 0 Å². The number of hydrogen-bond acceptors (Lipinski definition) is 2. The van der Waals surface area contributed by atoms with E-state index in [2.05, 4.69) is 11.0 Å². The van der Waals surface area contributed by atoms with Gasteiger partial charge in [-0.25, -0.2) is 4.89 Å². The van der Waals surface area contributed by atoms with E-state index in [0.717, 1.165) is 24.8 Å². The Balaban J connectivity index is 2.48. The molecule has 0 spiro atoms. The second kappa shape index (κ2) is 3.13. The van der Waals surface area contributed by atoms with Crippen LogP contribution in [0.15, 0.2) is 24.3 Å². The summed E-state index contributed by atoms with van der Waals surface area (Å²) in [7, 11) is 0. The van der Waals surface area contributed by atoms with E-state index in [0.29, 0.717) is 0 Å². The van der Waals surface area contributed by atoms with Crippen molar-refractivity contribution < 1.29 is 10.1 Å². The summed E-state index contributed by atoms with van der Waals surface area (Å²) < 4.78 is 0. The third kappa shape index (κ3) is 1.36. The van der Waals surface area contributed by atoms with E-state index in [4.69, 9.17) is 5.26 Å². The molecule has 1 aromatic carbocycles. The highest BCUT2D eigenvalue weighted by atomic mass is 17.1. The molecule has 2 heteroatoms. The van der Waals surface area contributed by atoms with E-state index in [1.54, 1.807) is 0 Å². The molecular weight excluding hydrogens is 164 g/mol. The maximum absolute atomic E-state index is 8.90. The van der Waals surface area contributed by atoms with Crippen molar-refractivity contribution in [3.05, 3.63) is 35.4 Å². The molecule has 0 saturated heterocycles. The highest BCUT2D eigenvalue weighted by Gasteiger charge is 2.32. The Hall–Kier alpha value is -0.860. The van der Waals surface area contributed by atoms with Crippen LogP contribution < -0.4 is 0 Å². The van der Waals surface area contributed by atoms with Crippen molar-refractivity contribution in [3.63, 3.8) is 0 Å². The van der Waals surface area contributed by atoms with Crippen molar-refractivity contribution in [2.24, 2.45) is 0 Å². The molecule has 0 heterocycles. The molecule has 0 aliphatic heterocycles. The van der Waals surface area contributed by atoms with Gasteiger partial charge in [0.2, 0.25) is 0 Å². The topological polar surface area (TPSA) is 29.5 Å². The summed E-state index contributed by atoms with van der Waals surface area (Å²) in [5.41, 5.74) is 1.93. The van der Waals surface area contributed by atoms with Gasteiger partial charge in [0.15, 0.2) is 0 Å². The van der Waals surface area contributed by atoms with Crippen molar-refractivity contribution >= 4 is 0 Å². The van der Waals surface area contributed by atoms with Crippen molar-refractivity contribution in [3.8, 4) is 0 Å². The summed E-state index contributed by atoms with van der Waals surface area (Å²) >= 11 is 0. The third-order valence-electron chi connectivity index (χ3n) is 2.89. The van der Waals surface area contributed by atoms with Gasteiger partial charge in [0.05, 0.1) is 0 Å². The minimum absolute atomic E-state index is 0.491. The van der Waals surface area contributed by atoms with E-state index >= 15 is 0 Å². The van der Waals surface area contributed by atoms with E-state index in [1.165, 1.54) is 5.56 Å². The highest BCUT2D eigenvalue weighted by Crippen LogP contribution is 2.37. The minimum Gasteiger partial charge on any atom is -0.251 e. The van der Waals surface area contributed by atoms with Gasteiger partial charge in [0.25, 0.3) is 0 Å². The third-order valence-corrected chi connectivity index (χ3v) is 2.89. The summed E-state index contributed by atoms with van der Waals surface area (Å²) in [4.78, 5) is 4.61. The molecule has 0 saturated carbocycles. The molecule has 0 fully saturated rings. The monoisotopic (exact) mass is 178 g/mol. The molecule has 2 nitrogen and oxygen atoms in total. The number of rotatable bonds is 1. The van der Waals surface area contributed by atoms with Gasteiger partial charge in [0.1, 0.15) is 5.60 Å². The molecule has 1 N–H and O–H groups in total. The van der Waals surface area contributed by atoms with Crippen LogP contribution in [-0.2, 0) is 16.9 Å². The fourth-order valence-corrected chi connectivity index (χ4v) is 2.10. The quantitative estimate of drug-likeness (QED) is 0.529. The number of fused-ring (bicyclic) bond motifs is 1. The Morgan fingerprint density at radius 3 is 2.92 bits per heavy atom. The zero-order valence-electron chi connectivity index (χ0n) is 7.79. The number of aryl methyl sites for hydroxylation is 1. The van der Waals surface area contributed by atoms with Gasteiger partial charge >= 0.3 is 0 Å². The average Bonchev–Trinajstić information content (AvgIpc) is 2.19. The molecule has 13 heavy (non-hydrogen) atoms. The van der Waals surface area contributed by atoms with Gasteiger partial charge in [0, 0.05) is 0 Å². The zero-order chi connectivity index (χ0) is 9.31. The van der Waals surface area contributed by atoms with Gasteiger partial charge in [-0.15, -0.1) is 0 Å². The first-order valence-electron chi connectivity index (χ1n) is 4.67. The summed E-state index contributed by atoms with van der Waals surface area (Å²) in [6.07, 6.45) is 3.06. The largest absolute Gasteiger partial charge is 0.251 e. The van der Waals surface area contributed by atoms with Crippen molar-refractivity contribution in [2.45, 2.75) is 31.8 Å². The molecule has 1 aromatic rings. The smallest absolute Gasteiger partial charge is 0.126 e. The normalized spacial score (nSPS) is 26.9. The highest BCUT2D eigenvalue weighted by molar-refractivity contribution is 5.34. The van der Waals surface area contributed by atoms with Gasteiger partial charge in [-0.2, -0.15) is 0 Å². The lowest BCUT2D eigenvalue weighted by molar-refractivity contribution is -0.327. The summed E-state index contributed by atoms with van der Waals surface area (Å²) in [6.45, 7) is 1.94. The fraction of sp³-hybridized carbons (Fsp3) is 0.455. The molecule has 2 rings (SSSR count). The molecule has 1 aliphatic rings. The molecule has 1 atom stereocenters. The molecule has 0 bridgehead atoms. The molecule has 70 valence electrons. The van der Waals surface area contributed by atoms with E-state index in [9.17, 15) is 0 Å². The van der Waals surface area contributed by atoms with Gasteiger partial charge in [-0.3, -0.25) is 5.26 Å². The SMILES string of the molecule is CC1(OO)CCCc2ccccc21. The molecule has 0 aromatic heterocycles. The molecule has 1 unspecified atom stereocenters. The van der Waals surface area contributed by atoms with Crippen LogP contribution >= 0.6 is 0 Å². The predicted octanol–water partition coefficient (Wildman–Crippen LogP) is 2.73. The lowest BCUT2D eigenvalue weighted by Gasteiger charge is -2.32. The van der Waals surface area contributed by atoms with Crippen LogP contribution in [0.3, 0.4) is 0 Å². The maximum Gasteiger partial charge on any atom is 0.126 e. The standard InChI is InChI=1S/C11H14O2/c1-11(13-12)8-4-6-9-5-2-3-7-10(9)11/h2-3,5,7,12H,4,6,8H2,1H3. The van der Waals surface area contributed by atoms with Crippen LogP contribution in [0.25, 0.3) is 0 Å². The van der Waals surface area contributed by atoms with Crippen molar-refractivity contribution in [2.75, 3.05) is 0 Å². The Kier molecular flexibility index (Phi) is 2.10. The van der Waals surface area contributed by atoms with Crippen LogP contribution in [-0.4, -0.2) is 5.26 Å². The lowest BCUT2D eigenvalue weighted by Crippen LogP contribution is -2.29. The van der Waals surface area contributed by atoms with E-state index in [1.807, 2.05) is 25.1 Å². The first-order chi connectivity index (χ1) is 6.26. The zero-order valence-corrected chi connectivity index (χ0v) is 7.79. The average molecular weight is 178 g/mol. The molecule has 1 aliphatic carbocycles. The Morgan fingerprint density at radius 2 is 2.15 bits per heavy atom. The van der Waals surface area contributed by atoms with Crippen LogP contribution in [0.2, 0.25) is 0 Å². The van der Waals surface area contributed by atoms with Gasteiger partial charge in [-0.05, 0) is 37.3 Å². The molecular formula is C11H14O2. The van der Waals surface area contributed by atoms with Crippen LogP contribution in [0.4, 0.5) is 0 Å². The first kappa shape index (κ1) is 8.73. The van der Waals surface area contributed by atoms with Crippen molar-refractivity contribution in [1.82, 2.24) is 0 Å². The van der Waals surface area contributed by atoms with E-state index < -0.39 is 5.60 Å². The molecule has 0 amide bonds. The van der Waals surface area contributed by atoms with E-state index in [-0.39, 0.29) is 0 Å². The minimum atomic E-state index is -0.491. The lowest BCUT2D eigenvalue weighted by atomic mass is 9.80. The maximum atomic E-state index is 8.90. The van der Waals surface area contributed by atoms with Gasteiger partial charge < -0.3 is 0 Å². The summed E-state index contributed by atoms with van der Waals surface area (Å²) in [5, 5.41) is 8.90. The number of hydrogen-bond donors (Lipinski definition) is 1. The first-order valence-corrected chi connectivity index (χ1v) is 4.67.